The number of ether oxygens (including phenoxy) is 2. The van der Waals surface area contributed by atoms with Crippen LogP contribution in [0, 0.1) is 6.92 Å². The molecule has 2 amide bonds. The van der Waals surface area contributed by atoms with Gasteiger partial charge in [-0.2, -0.15) is 0 Å². The molecule has 0 fully saturated rings. The number of hydrogen-bond acceptors (Lipinski definition) is 5. The molecule has 49 heavy (non-hydrogen) atoms. The summed E-state index contributed by atoms with van der Waals surface area (Å²) in [6.45, 7) is 6.02. The van der Waals surface area contributed by atoms with E-state index in [1.165, 1.54) is 24.3 Å². The Morgan fingerprint density at radius 2 is 1.51 bits per heavy atom. The highest BCUT2D eigenvalue weighted by Gasteiger charge is 2.33. The second kappa shape index (κ2) is 17.0. The van der Waals surface area contributed by atoms with E-state index < -0.39 is 29.9 Å². The van der Waals surface area contributed by atoms with E-state index in [4.69, 9.17) is 16.3 Å². The number of anilines is 1. The number of benzene rings is 4. The molecule has 7 nitrogen and oxygen atoms in total. The van der Waals surface area contributed by atoms with Crippen molar-refractivity contribution in [2.75, 3.05) is 18.5 Å². The molecule has 0 spiro atoms. The molecule has 0 saturated heterocycles. The van der Waals surface area contributed by atoms with Gasteiger partial charge in [0.1, 0.15) is 5.75 Å². The predicted molar refractivity (Wildman–Crippen MR) is 184 cm³/mol. The van der Waals surface area contributed by atoms with Crippen LogP contribution in [0.4, 0.5) is 18.9 Å². The summed E-state index contributed by atoms with van der Waals surface area (Å²) in [4.78, 5) is 38.4. The summed E-state index contributed by atoms with van der Waals surface area (Å²) in [5.41, 5.74) is 5.14. The van der Waals surface area contributed by atoms with Crippen LogP contribution in [0.3, 0.4) is 0 Å². The van der Waals surface area contributed by atoms with Gasteiger partial charge in [0.05, 0.1) is 18.9 Å². The van der Waals surface area contributed by atoms with Gasteiger partial charge in [0.25, 0.3) is 5.91 Å². The molecule has 2 unspecified atom stereocenters. The molecule has 4 aromatic carbocycles. The van der Waals surface area contributed by atoms with Crippen molar-refractivity contribution in [3.05, 3.63) is 118 Å². The molecule has 4 aromatic rings. The lowest BCUT2D eigenvalue weighted by Gasteiger charge is -2.28. The van der Waals surface area contributed by atoms with Crippen LogP contribution >= 0.6 is 11.6 Å². The molecule has 0 aliphatic carbocycles. The van der Waals surface area contributed by atoms with Crippen molar-refractivity contribution in [3.8, 4) is 16.9 Å². The van der Waals surface area contributed by atoms with Crippen LogP contribution in [0.1, 0.15) is 72.0 Å². The van der Waals surface area contributed by atoms with E-state index in [-0.39, 0.29) is 31.4 Å². The molecule has 0 bridgehead atoms. The Kier molecular flexibility index (Phi) is 12.8. The molecule has 2 N–H and O–H groups in total. The second-order valence-electron chi connectivity index (χ2n) is 11.4. The number of esters is 1. The minimum atomic E-state index is -4.85. The van der Waals surface area contributed by atoms with Crippen molar-refractivity contribution >= 4 is 35.1 Å². The average molecular weight is 695 g/mol. The third-order valence-electron chi connectivity index (χ3n) is 7.93. The molecule has 0 aromatic heterocycles. The summed E-state index contributed by atoms with van der Waals surface area (Å²) in [5, 5.41) is 6.34. The van der Waals surface area contributed by atoms with E-state index in [2.05, 4.69) is 15.4 Å². The maximum absolute atomic E-state index is 14.1. The number of carbonyl (C=O) groups is 3. The van der Waals surface area contributed by atoms with Gasteiger partial charge in [-0.3, -0.25) is 14.4 Å². The standard InChI is InChI=1S/C38H38ClF3N2O5/c1-4-6-33(26-7-9-28(10-8-26)36(46)43-22-21-34(45)48-5-2)35(27-13-18-31(19-14-27)49-38(40,41)42)37(47)44-30-16-11-25(12-17-30)32-20-15-29(39)23-24(32)3/h7-20,23,33,35H,4-6,21-22H2,1-3H3,(H,43,46)(H,44,47). The smallest absolute Gasteiger partial charge is 0.466 e. The molecule has 0 radical (unpaired) electrons. The Morgan fingerprint density at radius 3 is 2.10 bits per heavy atom. The van der Waals surface area contributed by atoms with Crippen LogP contribution in [0.2, 0.25) is 5.02 Å². The third kappa shape index (κ3) is 10.6. The Hall–Kier alpha value is -4.83. The minimum absolute atomic E-state index is 0.0450. The first-order valence-corrected chi connectivity index (χ1v) is 16.3. The fourth-order valence-electron chi connectivity index (χ4n) is 5.68. The van der Waals surface area contributed by atoms with E-state index >= 15 is 0 Å². The number of amides is 2. The number of rotatable bonds is 14. The predicted octanol–water partition coefficient (Wildman–Crippen LogP) is 9.20. The first-order valence-electron chi connectivity index (χ1n) is 16.0. The summed E-state index contributed by atoms with van der Waals surface area (Å²) < 4.78 is 47.6. The molecule has 0 aliphatic rings. The molecule has 258 valence electrons. The van der Waals surface area contributed by atoms with Crippen LogP contribution < -0.4 is 15.4 Å². The van der Waals surface area contributed by atoms with Gasteiger partial charge >= 0.3 is 12.3 Å². The van der Waals surface area contributed by atoms with Crippen molar-refractivity contribution in [1.29, 1.82) is 0 Å². The molecule has 0 heterocycles. The van der Waals surface area contributed by atoms with Crippen molar-refractivity contribution in [3.63, 3.8) is 0 Å². The van der Waals surface area contributed by atoms with Gasteiger partial charge in [0, 0.05) is 22.8 Å². The maximum Gasteiger partial charge on any atom is 0.573 e. The lowest BCUT2D eigenvalue weighted by molar-refractivity contribution is -0.274. The summed E-state index contributed by atoms with van der Waals surface area (Å²) in [5.74, 6) is -2.71. The van der Waals surface area contributed by atoms with Gasteiger partial charge in [-0.1, -0.05) is 67.4 Å². The van der Waals surface area contributed by atoms with Gasteiger partial charge in [-0.05, 0) is 103 Å². The van der Waals surface area contributed by atoms with E-state index in [9.17, 15) is 27.6 Å². The lowest BCUT2D eigenvalue weighted by Crippen LogP contribution is -2.27. The van der Waals surface area contributed by atoms with Crippen LogP contribution in [0.25, 0.3) is 11.1 Å². The summed E-state index contributed by atoms with van der Waals surface area (Å²) in [7, 11) is 0. The van der Waals surface area contributed by atoms with E-state index in [0.29, 0.717) is 34.7 Å². The normalized spacial score (nSPS) is 12.5. The van der Waals surface area contributed by atoms with E-state index in [0.717, 1.165) is 22.3 Å². The largest absolute Gasteiger partial charge is 0.573 e. The quantitative estimate of drug-likeness (QED) is 0.128. The van der Waals surface area contributed by atoms with Gasteiger partial charge in [-0.25, -0.2) is 0 Å². The number of alkyl halides is 3. The lowest BCUT2D eigenvalue weighted by atomic mass is 9.78. The van der Waals surface area contributed by atoms with Crippen molar-refractivity contribution < 1.29 is 37.0 Å². The monoisotopic (exact) mass is 694 g/mol. The SMILES string of the molecule is CCCC(c1ccc(C(=O)NCCC(=O)OCC)cc1)C(C(=O)Nc1ccc(-c2ccc(Cl)cc2C)cc1)c1ccc(OC(F)(F)F)cc1. The fourth-order valence-corrected chi connectivity index (χ4v) is 5.91. The third-order valence-corrected chi connectivity index (χ3v) is 8.17. The number of hydrogen-bond donors (Lipinski definition) is 2. The fraction of sp³-hybridized carbons (Fsp3) is 0.289. The molecule has 0 aliphatic heterocycles. The van der Waals surface area contributed by atoms with Crippen molar-refractivity contribution in [1.82, 2.24) is 5.32 Å². The van der Waals surface area contributed by atoms with Gasteiger partial charge in [-0.15, -0.1) is 13.2 Å². The van der Waals surface area contributed by atoms with Crippen LogP contribution in [0.15, 0.2) is 91.0 Å². The highest BCUT2D eigenvalue weighted by molar-refractivity contribution is 6.30. The zero-order valence-corrected chi connectivity index (χ0v) is 28.2. The van der Waals surface area contributed by atoms with Gasteiger partial charge in [0.2, 0.25) is 5.91 Å². The molecule has 2 atom stereocenters. The zero-order valence-electron chi connectivity index (χ0n) is 27.4. The van der Waals surface area contributed by atoms with Crippen molar-refractivity contribution in [2.45, 2.75) is 58.2 Å². The topological polar surface area (TPSA) is 93.7 Å². The van der Waals surface area contributed by atoms with Crippen LogP contribution in [0.5, 0.6) is 5.75 Å². The Morgan fingerprint density at radius 1 is 0.857 bits per heavy atom. The highest BCUT2D eigenvalue weighted by Crippen LogP contribution is 2.39. The van der Waals surface area contributed by atoms with Gasteiger partial charge < -0.3 is 20.1 Å². The first kappa shape index (κ1) is 37.0. The number of carbonyl (C=O) groups excluding carboxylic acids is 3. The number of halogens is 4. The van der Waals surface area contributed by atoms with Crippen LogP contribution in [-0.4, -0.2) is 37.3 Å². The number of aryl methyl sites for hydroxylation is 1. The summed E-state index contributed by atoms with van der Waals surface area (Å²) in [6, 6.07) is 25.1. The average Bonchev–Trinajstić information content (AvgIpc) is 3.05. The summed E-state index contributed by atoms with van der Waals surface area (Å²) >= 11 is 6.12. The molecule has 4 rings (SSSR count). The van der Waals surface area contributed by atoms with Gasteiger partial charge in [0.15, 0.2) is 0 Å². The summed E-state index contributed by atoms with van der Waals surface area (Å²) in [6.07, 6.45) is -3.54. The molecule has 11 heteroatoms. The molecular formula is C38H38ClF3N2O5. The zero-order chi connectivity index (χ0) is 35.6. The molecular weight excluding hydrogens is 657 g/mol. The number of nitrogens with one attached hydrogen (secondary N) is 2. The minimum Gasteiger partial charge on any atom is -0.466 e. The highest BCUT2D eigenvalue weighted by atomic mass is 35.5. The van der Waals surface area contributed by atoms with E-state index in [1.807, 2.05) is 44.2 Å². The van der Waals surface area contributed by atoms with Crippen molar-refractivity contribution in [2.24, 2.45) is 0 Å². The molecule has 0 saturated carbocycles. The Labute approximate surface area is 288 Å². The van der Waals surface area contributed by atoms with Crippen LogP contribution in [-0.2, 0) is 14.3 Å². The maximum atomic E-state index is 14.1. The Balaban J connectivity index is 1.61. The first-order chi connectivity index (χ1) is 23.4. The van der Waals surface area contributed by atoms with E-state index in [1.54, 1.807) is 43.3 Å². The Bertz CT molecular complexity index is 1730. The second-order valence-corrected chi connectivity index (χ2v) is 11.9.